The highest BCUT2D eigenvalue weighted by atomic mass is 16.5. The topological polar surface area (TPSA) is 62.7 Å². The zero-order chi connectivity index (χ0) is 16.0. The first kappa shape index (κ1) is 16.5. The number of ether oxygens (including phenoxy) is 1. The van der Waals surface area contributed by atoms with Crippen LogP contribution in [-0.2, 0) is 11.3 Å². The third-order valence-electron chi connectivity index (χ3n) is 4.14. The number of likely N-dealkylation sites (tertiary alicyclic amines) is 1. The molecule has 1 atom stereocenters. The summed E-state index contributed by atoms with van der Waals surface area (Å²) in [5.74, 6) is -0.0987. The maximum atomic E-state index is 11.7. The number of piperidine rings is 1. The van der Waals surface area contributed by atoms with Crippen LogP contribution in [0.2, 0.25) is 0 Å². The van der Waals surface area contributed by atoms with Crippen molar-refractivity contribution < 1.29 is 14.6 Å². The molecule has 0 bridgehead atoms. The second kappa shape index (κ2) is 7.40. The monoisotopic (exact) mass is 304 g/mol. The SMILES string of the molecule is C=CCC1(C(=O)O)CCCN(Cc2ccc(OCC)nc2)C1. The van der Waals surface area contributed by atoms with Gasteiger partial charge in [-0.25, -0.2) is 4.98 Å². The van der Waals surface area contributed by atoms with Gasteiger partial charge in [0.05, 0.1) is 12.0 Å². The summed E-state index contributed by atoms with van der Waals surface area (Å²) in [5.41, 5.74) is 0.377. The van der Waals surface area contributed by atoms with E-state index in [1.807, 2.05) is 19.1 Å². The van der Waals surface area contributed by atoms with Crippen molar-refractivity contribution in [2.24, 2.45) is 5.41 Å². The minimum Gasteiger partial charge on any atom is -0.481 e. The van der Waals surface area contributed by atoms with Crippen LogP contribution in [0.3, 0.4) is 0 Å². The van der Waals surface area contributed by atoms with Gasteiger partial charge in [0.2, 0.25) is 5.88 Å². The smallest absolute Gasteiger partial charge is 0.311 e. The average Bonchev–Trinajstić information content (AvgIpc) is 2.50. The predicted molar refractivity (Wildman–Crippen MR) is 84.8 cm³/mol. The Bertz CT molecular complexity index is 515. The summed E-state index contributed by atoms with van der Waals surface area (Å²) in [6.07, 6.45) is 5.64. The molecule has 1 aromatic rings. The molecule has 2 heterocycles. The number of aliphatic carboxylic acids is 1. The maximum Gasteiger partial charge on any atom is 0.311 e. The summed E-state index contributed by atoms with van der Waals surface area (Å²) in [6.45, 7) is 8.42. The van der Waals surface area contributed by atoms with E-state index in [4.69, 9.17) is 4.74 Å². The molecule has 120 valence electrons. The van der Waals surface area contributed by atoms with Crippen LogP contribution in [0.5, 0.6) is 5.88 Å². The lowest BCUT2D eigenvalue weighted by Gasteiger charge is -2.39. The van der Waals surface area contributed by atoms with Gasteiger partial charge in [0.1, 0.15) is 0 Å². The van der Waals surface area contributed by atoms with Crippen molar-refractivity contribution in [3.63, 3.8) is 0 Å². The molecule has 0 spiro atoms. The maximum absolute atomic E-state index is 11.7. The van der Waals surface area contributed by atoms with Crippen molar-refractivity contribution >= 4 is 5.97 Å². The van der Waals surface area contributed by atoms with Crippen molar-refractivity contribution in [2.75, 3.05) is 19.7 Å². The van der Waals surface area contributed by atoms with Gasteiger partial charge in [0.15, 0.2) is 0 Å². The number of pyridine rings is 1. The van der Waals surface area contributed by atoms with Crippen molar-refractivity contribution in [1.82, 2.24) is 9.88 Å². The first-order valence-electron chi connectivity index (χ1n) is 7.74. The van der Waals surface area contributed by atoms with Crippen LogP contribution in [0, 0.1) is 5.41 Å². The summed E-state index contributed by atoms with van der Waals surface area (Å²) in [7, 11) is 0. The number of nitrogens with zero attached hydrogens (tertiary/aromatic N) is 2. The molecule has 1 aliphatic heterocycles. The molecule has 0 amide bonds. The number of hydrogen-bond donors (Lipinski definition) is 1. The van der Waals surface area contributed by atoms with E-state index in [-0.39, 0.29) is 0 Å². The summed E-state index contributed by atoms with van der Waals surface area (Å²) in [6, 6.07) is 3.85. The Labute approximate surface area is 131 Å². The quantitative estimate of drug-likeness (QED) is 0.785. The molecule has 5 heteroatoms. The second-order valence-corrected chi connectivity index (χ2v) is 5.83. The standard InChI is InChI=1S/C17H24N2O3/c1-3-8-17(16(20)21)9-5-10-19(13-17)12-14-6-7-15(18-11-14)22-4-2/h3,6-7,11H,1,4-5,8-10,12-13H2,2H3,(H,20,21). The Morgan fingerprint density at radius 3 is 3.00 bits per heavy atom. The summed E-state index contributed by atoms with van der Waals surface area (Å²) >= 11 is 0. The Morgan fingerprint density at radius 2 is 2.41 bits per heavy atom. The molecule has 1 aromatic heterocycles. The van der Waals surface area contributed by atoms with Gasteiger partial charge in [0.25, 0.3) is 0 Å². The highest BCUT2D eigenvalue weighted by Gasteiger charge is 2.41. The number of carbonyl (C=O) groups is 1. The van der Waals surface area contributed by atoms with Gasteiger partial charge in [-0.05, 0) is 38.3 Å². The van der Waals surface area contributed by atoms with E-state index in [1.54, 1.807) is 12.3 Å². The summed E-state index contributed by atoms with van der Waals surface area (Å²) in [4.78, 5) is 18.1. The van der Waals surface area contributed by atoms with Crippen molar-refractivity contribution in [3.05, 3.63) is 36.5 Å². The zero-order valence-electron chi connectivity index (χ0n) is 13.1. The molecule has 0 aliphatic carbocycles. The molecule has 22 heavy (non-hydrogen) atoms. The van der Waals surface area contributed by atoms with E-state index in [1.165, 1.54) is 0 Å². The summed E-state index contributed by atoms with van der Waals surface area (Å²) in [5, 5.41) is 9.60. The van der Waals surface area contributed by atoms with E-state index < -0.39 is 11.4 Å². The first-order valence-corrected chi connectivity index (χ1v) is 7.74. The highest BCUT2D eigenvalue weighted by molar-refractivity contribution is 5.75. The molecule has 1 aliphatic rings. The number of carboxylic acid groups (broad SMARTS) is 1. The molecule has 2 rings (SSSR count). The number of aromatic nitrogens is 1. The molecule has 5 nitrogen and oxygen atoms in total. The molecule has 0 radical (unpaired) electrons. The normalized spacial score (nSPS) is 22.2. The first-order chi connectivity index (χ1) is 10.6. The van der Waals surface area contributed by atoms with Crippen LogP contribution in [0.1, 0.15) is 31.7 Å². The van der Waals surface area contributed by atoms with Gasteiger partial charge >= 0.3 is 5.97 Å². The molecule has 0 saturated carbocycles. The number of rotatable bonds is 7. The highest BCUT2D eigenvalue weighted by Crippen LogP contribution is 2.34. The van der Waals surface area contributed by atoms with Crippen LogP contribution in [0.25, 0.3) is 0 Å². The number of allylic oxidation sites excluding steroid dienone is 1. The Balaban J connectivity index is 2.03. The molecule has 1 saturated heterocycles. The van der Waals surface area contributed by atoms with Gasteiger partial charge in [-0.2, -0.15) is 0 Å². The molecular formula is C17H24N2O3. The minimum atomic E-state index is -0.720. The Kier molecular flexibility index (Phi) is 5.55. The molecule has 1 N–H and O–H groups in total. The van der Waals surface area contributed by atoms with E-state index >= 15 is 0 Å². The second-order valence-electron chi connectivity index (χ2n) is 5.83. The molecular weight excluding hydrogens is 280 g/mol. The fourth-order valence-electron chi connectivity index (χ4n) is 3.06. The lowest BCUT2D eigenvalue weighted by molar-refractivity contribution is -0.152. The third kappa shape index (κ3) is 3.85. The van der Waals surface area contributed by atoms with Gasteiger partial charge in [-0.1, -0.05) is 12.1 Å². The van der Waals surface area contributed by atoms with Gasteiger partial charge in [-0.15, -0.1) is 6.58 Å². The number of carboxylic acids is 1. The van der Waals surface area contributed by atoms with Crippen LogP contribution in [0.4, 0.5) is 0 Å². The largest absolute Gasteiger partial charge is 0.481 e. The van der Waals surface area contributed by atoms with E-state index in [0.29, 0.717) is 38.4 Å². The number of hydrogen-bond acceptors (Lipinski definition) is 4. The van der Waals surface area contributed by atoms with Crippen LogP contribution >= 0.6 is 0 Å². The lowest BCUT2D eigenvalue weighted by Crippen LogP contribution is -2.47. The molecule has 1 unspecified atom stereocenters. The van der Waals surface area contributed by atoms with Crippen LogP contribution in [-0.4, -0.2) is 40.7 Å². The fourth-order valence-corrected chi connectivity index (χ4v) is 3.06. The van der Waals surface area contributed by atoms with E-state index in [2.05, 4.69) is 16.5 Å². The van der Waals surface area contributed by atoms with Crippen LogP contribution < -0.4 is 4.74 Å². The van der Waals surface area contributed by atoms with Gasteiger partial charge < -0.3 is 9.84 Å². The van der Waals surface area contributed by atoms with Crippen molar-refractivity contribution in [2.45, 2.75) is 32.7 Å². The van der Waals surface area contributed by atoms with Crippen molar-refractivity contribution in [3.8, 4) is 5.88 Å². The Morgan fingerprint density at radius 1 is 1.59 bits per heavy atom. The molecule has 1 fully saturated rings. The molecule has 0 aromatic carbocycles. The van der Waals surface area contributed by atoms with Crippen molar-refractivity contribution in [1.29, 1.82) is 0 Å². The van der Waals surface area contributed by atoms with Gasteiger partial charge in [0, 0.05) is 25.4 Å². The fraction of sp³-hybridized carbons (Fsp3) is 0.529. The van der Waals surface area contributed by atoms with Crippen LogP contribution in [0.15, 0.2) is 31.0 Å². The third-order valence-corrected chi connectivity index (χ3v) is 4.14. The summed E-state index contributed by atoms with van der Waals surface area (Å²) < 4.78 is 5.33. The zero-order valence-corrected chi connectivity index (χ0v) is 13.1. The average molecular weight is 304 g/mol. The van der Waals surface area contributed by atoms with E-state index in [0.717, 1.165) is 18.5 Å². The predicted octanol–water partition coefficient (Wildman–Crippen LogP) is 2.72. The lowest BCUT2D eigenvalue weighted by atomic mass is 9.77. The minimum absolute atomic E-state index is 0.514. The Hall–Kier alpha value is -1.88. The van der Waals surface area contributed by atoms with Gasteiger partial charge in [-0.3, -0.25) is 9.69 Å². The van der Waals surface area contributed by atoms with E-state index in [9.17, 15) is 9.90 Å².